The van der Waals surface area contributed by atoms with Crippen molar-refractivity contribution in [3.63, 3.8) is 0 Å². The van der Waals surface area contributed by atoms with Crippen LogP contribution < -0.4 is 5.32 Å². The molecule has 1 amide bonds. The Kier molecular flexibility index (Phi) is 6.17. The topological polar surface area (TPSA) is 99.0 Å². The highest BCUT2D eigenvalue weighted by Gasteiger charge is 2.23. The normalized spacial score (nSPS) is 13.1. The Hall–Kier alpha value is -2.57. The van der Waals surface area contributed by atoms with Gasteiger partial charge in [0.1, 0.15) is 24.6 Å². The van der Waals surface area contributed by atoms with Crippen LogP contribution in [0.25, 0.3) is 0 Å². The monoisotopic (exact) mass is 331 g/mol. The molecule has 2 atom stereocenters. The molecule has 6 heteroatoms. The van der Waals surface area contributed by atoms with Gasteiger partial charge >= 0.3 is 6.09 Å². The van der Waals surface area contributed by atoms with E-state index in [1.807, 2.05) is 30.3 Å². The van der Waals surface area contributed by atoms with Crippen molar-refractivity contribution in [2.75, 3.05) is 6.54 Å². The molecule has 2 aromatic carbocycles. The number of rotatable bonds is 6. The van der Waals surface area contributed by atoms with Crippen molar-refractivity contribution in [3.05, 3.63) is 65.2 Å². The number of phenols is 1. The van der Waals surface area contributed by atoms with Crippen LogP contribution in [0.3, 0.4) is 0 Å². The Morgan fingerprint density at radius 2 is 1.83 bits per heavy atom. The predicted molar refractivity (Wildman–Crippen MR) is 88.4 cm³/mol. The Morgan fingerprint density at radius 1 is 1.12 bits per heavy atom. The Bertz CT molecular complexity index is 654. The minimum Gasteiger partial charge on any atom is -0.508 e. The van der Waals surface area contributed by atoms with E-state index in [1.54, 1.807) is 19.1 Å². The fourth-order valence-electron chi connectivity index (χ4n) is 2.32. The second-order valence-corrected chi connectivity index (χ2v) is 5.46. The lowest BCUT2D eigenvalue weighted by atomic mass is 9.98. The van der Waals surface area contributed by atoms with Gasteiger partial charge in [-0.25, -0.2) is 4.79 Å². The van der Waals surface area contributed by atoms with Crippen LogP contribution in [-0.4, -0.2) is 34.1 Å². The average Bonchev–Trinajstić information content (AvgIpc) is 2.58. The first-order valence-electron chi connectivity index (χ1n) is 7.58. The van der Waals surface area contributed by atoms with Gasteiger partial charge in [0.25, 0.3) is 0 Å². The maximum Gasteiger partial charge on any atom is 0.407 e. The number of alkyl carbamates (subject to hydrolysis) is 1. The van der Waals surface area contributed by atoms with Crippen LogP contribution in [0.4, 0.5) is 4.79 Å². The minimum atomic E-state index is -1.32. The Morgan fingerprint density at radius 3 is 2.50 bits per heavy atom. The van der Waals surface area contributed by atoms with Crippen LogP contribution >= 0.6 is 0 Å². The minimum absolute atomic E-state index is 0.104. The molecule has 2 rings (SSSR count). The van der Waals surface area contributed by atoms with Crippen LogP contribution in [0.15, 0.2) is 48.5 Å². The van der Waals surface area contributed by atoms with Gasteiger partial charge in [0.05, 0.1) is 0 Å². The number of ether oxygens (including phenoxy) is 1. The number of hydrogen-bond acceptors (Lipinski definition) is 5. The molecule has 0 radical (unpaired) electrons. The van der Waals surface area contributed by atoms with Crippen molar-refractivity contribution in [2.45, 2.75) is 25.7 Å². The summed E-state index contributed by atoms with van der Waals surface area (Å²) in [7, 11) is 0. The number of amides is 1. The van der Waals surface area contributed by atoms with E-state index in [9.17, 15) is 20.1 Å². The molecule has 0 bridgehead atoms. The summed E-state index contributed by atoms with van der Waals surface area (Å²) in [4.78, 5) is 11.6. The molecule has 6 nitrogen and oxygen atoms in total. The number of hydrogen-bond donors (Lipinski definition) is 4. The molecule has 0 aliphatic rings. The van der Waals surface area contributed by atoms with E-state index in [4.69, 9.17) is 4.74 Å². The van der Waals surface area contributed by atoms with Crippen LogP contribution in [-0.2, 0) is 11.3 Å². The summed E-state index contributed by atoms with van der Waals surface area (Å²) in [6.45, 7) is 1.62. The van der Waals surface area contributed by atoms with Crippen molar-refractivity contribution < 1.29 is 24.9 Å². The van der Waals surface area contributed by atoms with Gasteiger partial charge in [-0.2, -0.15) is 0 Å². The van der Waals surface area contributed by atoms with Gasteiger partial charge < -0.3 is 25.4 Å². The third kappa shape index (κ3) is 4.71. The number of phenolic OH excluding ortho intramolecular Hbond substituents is 1. The fourth-order valence-corrected chi connectivity index (χ4v) is 2.32. The van der Waals surface area contributed by atoms with E-state index in [0.29, 0.717) is 5.56 Å². The number of aromatic hydroxyl groups is 1. The van der Waals surface area contributed by atoms with Gasteiger partial charge in [-0.1, -0.05) is 42.5 Å². The lowest BCUT2D eigenvalue weighted by molar-refractivity contribution is 0.0168. The van der Waals surface area contributed by atoms with E-state index in [-0.39, 0.29) is 24.5 Å². The number of carbonyl (C=O) groups is 1. The highest BCUT2D eigenvalue weighted by Crippen LogP contribution is 2.29. The second-order valence-electron chi connectivity index (χ2n) is 5.46. The van der Waals surface area contributed by atoms with Gasteiger partial charge in [0.15, 0.2) is 0 Å². The van der Waals surface area contributed by atoms with Gasteiger partial charge in [-0.15, -0.1) is 0 Å². The van der Waals surface area contributed by atoms with Crippen molar-refractivity contribution in [3.8, 4) is 5.75 Å². The number of aliphatic hydroxyl groups is 2. The molecule has 0 saturated heterocycles. The highest BCUT2D eigenvalue weighted by molar-refractivity contribution is 5.67. The average molecular weight is 331 g/mol. The van der Waals surface area contributed by atoms with Crippen LogP contribution in [0.5, 0.6) is 5.75 Å². The van der Waals surface area contributed by atoms with Gasteiger partial charge in [-0.05, 0) is 24.1 Å². The molecule has 2 unspecified atom stereocenters. The summed E-state index contributed by atoms with van der Waals surface area (Å²) >= 11 is 0. The maximum atomic E-state index is 11.6. The molecule has 0 spiro atoms. The number of aliphatic hydroxyl groups excluding tert-OH is 2. The zero-order chi connectivity index (χ0) is 17.5. The van der Waals surface area contributed by atoms with Crippen LogP contribution in [0, 0.1) is 6.92 Å². The number of aryl methyl sites for hydroxylation is 1. The molecule has 0 aliphatic carbocycles. The van der Waals surface area contributed by atoms with E-state index in [1.165, 1.54) is 6.07 Å². The standard InChI is InChI=1S/C18H21NO5/c1-12-6-5-9-14(20)16(12)17(22)15(21)10-19-18(23)24-11-13-7-3-2-4-8-13/h2-9,15,17,20-22H,10-11H2,1H3,(H,19,23). The SMILES string of the molecule is Cc1cccc(O)c1C(O)C(O)CNC(=O)OCc1ccccc1. The molecular weight excluding hydrogens is 310 g/mol. The van der Waals surface area contributed by atoms with Gasteiger partial charge in [-0.3, -0.25) is 0 Å². The third-order valence-electron chi connectivity index (χ3n) is 3.63. The van der Waals surface area contributed by atoms with E-state index in [0.717, 1.165) is 5.56 Å². The van der Waals surface area contributed by atoms with Gasteiger partial charge in [0.2, 0.25) is 0 Å². The number of benzene rings is 2. The smallest absolute Gasteiger partial charge is 0.407 e. The summed E-state index contributed by atoms with van der Waals surface area (Å²) in [5.74, 6) is -0.104. The van der Waals surface area contributed by atoms with E-state index < -0.39 is 18.3 Å². The van der Waals surface area contributed by atoms with Crippen molar-refractivity contribution in [1.29, 1.82) is 0 Å². The molecular formula is C18H21NO5. The molecule has 0 saturated carbocycles. The van der Waals surface area contributed by atoms with Crippen LogP contribution in [0.2, 0.25) is 0 Å². The zero-order valence-electron chi connectivity index (χ0n) is 13.3. The van der Waals surface area contributed by atoms with E-state index in [2.05, 4.69) is 5.32 Å². The first kappa shape index (κ1) is 17.8. The van der Waals surface area contributed by atoms with E-state index >= 15 is 0 Å². The summed E-state index contributed by atoms with van der Waals surface area (Å²) in [5.41, 5.74) is 1.73. The van der Waals surface area contributed by atoms with Crippen molar-refractivity contribution >= 4 is 6.09 Å². The summed E-state index contributed by atoms with van der Waals surface area (Å²) < 4.78 is 5.02. The molecule has 0 aliphatic heterocycles. The second kappa shape index (κ2) is 8.33. The zero-order valence-corrected chi connectivity index (χ0v) is 13.3. The summed E-state index contributed by atoms with van der Waals surface area (Å²) in [5, 5.41) is 32.4. The highest BCUT2D eigenvalue weighted by atomic mass is 16.5. The first-order chi connectivity index (χ1) is 11.5. The molecule has 24 heavy (non-hydrogen) atoms. The van der Waals surface area contributed by atoms with Crippen molar-refractivity contribution in [1.82, 2.24) is 5.32 Å². The predicted octanol–water partition coefficient (Wildman–Crippen LogP) is 2.02. The molecule has 0 aromatic heterocycles. The van der Waals surface area contributed by atoms with Crippen LogP contribution in [0.1, 0.15) is 22.8 Å². The maximum absolute atomic E-state index is 11.6. The fraction of sp³-hybridized carbons (Fsp3) is 0.278. The summed E-state index contributed by atoms with van der Waals surface area (Å²) in [6, 6.07) is 14.0. The molecule has 2 aromatic rings. The Balaban J connectivity index is 1.83. The molecule has 128 valence electrons. The van der Waals surface area contributed by atoms with Crippen molar-refractivity contribution in [2.24, 2.45) is 0 Å². The Labute approximate surface area is 140 Å². The molecule has 0 heterocycles. The molecule has 4 N–H and O–H groups in total. The lowest BCUT2D eigenvalue weighted by Gasteiger charge is -2.21. The number of nitrogens with one attached hydrogen (secondary N) is 1. The lowest BCUT2D eigenvalue weighted by Crippen LogP contribution is -2.36. The quantitative estimate of drug-likeness (QED) is 0.649. The first-order valence-corrected chi connectivity index (χ1v) is 7.58. The number of carbonyl (C=O) groups excluding carboxylic acids is 1. The van der Waals surface area contributed by atoms with Gasteiger partial charge in [0, 0.05) is 12.1 Å². The summed E-state index contributed by atoms with van der Waals surface area (Å²) in [6.07, 6.45) is -3.29. The third-order valence-corrected chi connectivity index (χ3v) is 3.63. The molecule has 0 fully saturated rings. The largest absolute Gasteiger partial charge is 0.508 e.